The molecule has 110 valence electrons. The molecule has 0 saturated carbocycles. The van der Waals surface area contributed by atoms with E-state index in [-0.39, 0.29) is 17.2 Å². The van der Waals surface area contributed by atoms with Gasteiger partial charge >= 0.3 is 0 Å². The van der Waals surface area contributed by atoms with E-state index in [2.05, 4.69) is 4.98 Å². The summed E-state index contributed by atoms with van der Waals surface area (Å²) in [6, 6.07) is 11.0. The number of nitrogens with one attached hydrogen (secondary N) is 1. The van der Waals surface area contributed by atoms with Crippen molar-refractivity contribution < 1.29 is 9.18 Å². The predicted octanol–water partition coefficient (Wildman–Crippen LogP) is 3.85. The van der Waals surface area contributed by atoms with Crippen LogP contribution in [0.15, 0.2) is 47.3 Å². The molecule has 1 N–H and O–H groups in total. The maximum absolute atomic E-state index is 13.0. The molecule has 0 unspecified atom stereocenters. The number of aromatic amines is 1. The summed E-state index contributed by atoms with van der Waals surface area (Å²) in [5.41, 5.74) is 2.86. The number of hydrogen-bond donors (Lipinski definition) is 1. The number of aryl methyl sites for hydroxylation is 1. The highest BCUT2D eigenvalue weighted by Crippen LogP contribution is 2.24. The third-order valence-electron chi connectivity index (χ3n) is 3.64. The Morgan fingerprint density at radius 3 is 2.41 bits per heavy atom. The maximum atomic E-state index is 13.0. The van der Waals surface area contributed by atoms with Gasteiger partial charge in [-0.1, -0.05) is 12.1 Å². The molecule has 1 heterocycles. The fourth-order valence-corrected chi connectivity index (χ4v) is 2.59. The summed E-state index contributed by atoms with van der Waals surface area (Å²) in [6.45, 7) is 3.37. The predicted molar refractivity (Wildman–Crippen MR) is 84.7 cm³/mol. The Labute approximate surface area is 126 Å². The molecule has 0 radical (unpaired) electrons. The van der Waals surface area contributed by atoms with Crippen LogP contribution in [0.1, 0.15) is 22.8 Å². The van der Waals surface area contributed by atoms with Crippen LogP contribution in [-0.4, -0.2) is 10.8 Å². The van der Waals surface area contributed by atoms with Crippen LogP contribution >= 0.6 is 0 Å². The highest BCUT2D eigenvalue weighted by molar-refractivity contribution is 6.07. The van der Waals surface area contributed by atoms with Crippen molar-refractivity contribution >= 4 is 16.7 Å². The first kappa shape index (κ1) is 14.2. The zero-order valence-corrected chi connectivity index (χ0v) is 12.2. The van der Waals surface area contributed by atoms with Gasteiger partial charge in [-0.3, -0.25) is 9.59 Å². The number of Topliss-reactive ketones (excluding diaryl/α,β-unsaturated/α-hetero) is 1. The van der Waals surface area contributed by atoms with Crippen molar-refractivity contribution in [3.8, 4) is 11.1 Å². The minimum Gasteiger partial charge on any atom is -0.321 e. The number of halogens is 1. The summed E-state index contributed by atoms with van der Waals surface area (Å²) in [4.78, 5) is 26.9. The van der Waals surface area contributed by atoms with Crippen LogP contribution in [0.25, 0.3) is 22.0 Å². The van der Waals surface area contributed by atoms with Gasteiger partial charge in [0.25, 0.3) is 5.56 Å². The minimum absolute atomic E-state index is 0.0641. The highest BCUT2D eigenvalue weighted by atomic mass is 19.1. The van der Waals surface area contributed by atoms with Gasteiger partial charge in [-0.2, -0.15) is 0 Å². The quantitative estimate of drug-likeness (QED) is 0.730. The molecule has 0 saturated heterocycles. The van der Waals surface area contributed by atoms with Gasteiger partial charge in [0.15, 0.2) is 5.78 Å². The van der Waals surface area contributed by atoms with E-state index in [1.807, 2.05) is 13.0 Å². The van der Waals surface area contributed by atoms with Gasteiger partial charge < -0.3 is 4.98 Å². The van der Waals surface area contributed by atoms with Crippen molar-refractivity contribution in [3.05, 3.63) is 69.8 Å². The van der Waals surface area contributed by atoms with E-state index >= 15 is 0 Å². The lowest BCUT2D eigenvalue weighted by atomic mass is 9.98. The second-order valence-corrected chi connectivity index (χ2v) is 5.35. The molecular weight excluding hydrogens is 281 g/mol. The van der Waals surface area contributed by atoms with Crippen molar-refractivity contribution in [2.45, 2.75) is 13.8 Å². The smallest absolute Gasteiger partial charge is 0.256 e. The average Bonchev–Trinajstić information content (AvgIpc) is 2.46. The fraction of sp³-hybridized carbons (Fsp3) is 0.111. The lowest BCUT2D eigenvalue weighted by molar-refractivity contribution is 0.101. The monoisotopic (exact) mass is 295 g/mol. The van der Waals surface area contributed by atoms with E-state index < -0.39 is 0 Å². The van der Waals surface area contributed by atoms with Crippen LogP contribution in [0.2, 0.25) is 0 Å². The number of ketones is 1. The lowest BCUT2D eigenvalue weighted by Gasteiger charge is -2.08. The highest BCUT2D eigenvalue weighted by Gasteiger charge is 2.11. The van der Waals surface area contributed by atoms with Crippen LogP contribution in [0.3, 0.4) is 0 Å². The van der Waals surface area contributed by atoms with Gasteiger partial charge in [0, 0.05) is 22.0 Å². The van der Waals surface area contributed by atoms with E-state index in [0.29, 0.717) is 27.6 Å². The van der Waals surface area contributed by atoms with Gasteiger partial charge in [0.1, 0.15) is 5.82 Å². The molecule has 4 heteroatoms. The Hall–Kier alpha value is -2.75. The summed E-state index contributed by atoms with van der Waals surface area (Å²) in [5.74, 6) is -0.424. The number of benzene rings is 2. The third-order valence-corrected chi connectivity index (χ3v) is 3.64. The molecule has 3 rings (SSSR count). The molecule has 0 aliphatic rings. The first-order chi connectivity index (χ1) is 10.5. The number of fused-ring (bicyclic) bond motifs is 1. The molecule has 3 aromatic rings. The molecule has 0 fully saturated rings. The Kier molecular flexibility index (Phi) is 3.37. The molecule has 0 spiro atoms. The SMILES string of the molecule is CC(=O)c1cc(C)cc2[nH]c(=O)c(-c3ccc(F)cc3)cc12. The molecule has 0 atom stereocenters. The molecule has 0 bridgehead atoms. The lowest BCUT2D eigenvalue weighted by Crippen LogP contribution is -2.10. The fourth-order valence-electron chi connectivity index (χ4n) is 2.59. The van der Waals surface area contributed by atoms with E-state index in [9.17, 15) is 14.0 Å². The van der Waals surface area contributed by atoms with E-state index in [1.165, 1.54) is 19.1 Å². The Bertz CT molecular complexity index is 940. The van der Waals surface area contributed by atoms with Crippen LogP contribution in [0.4, 0.5) is 4.39 Å². The van der Waals surface area contributed by atoms with Crippen molar-refractivity contribution in [1.29, 1.82) is 0 Å². The van der Waals surface area contributed by atoms with Gasteiger partial charge in [0.2, 0.25) is 0 Å². The number of carbonyl (C=O) groups excluding carboxylic acids is 1. The molecule has 0 aliphatic heterocycles. The van der Waals surface area contributed by atoms with Crippen molar-refractivity contribution in [2.75, 3.05) is 0 Å². The van der Waals surface area contributed by atoms with E-state index in [4.69, 9.17) is 0 Å². The Balaban J connectivity index is 2.33. The second kappa shape index (κ2) is 5.22. The van der Waals surface area contributed by atoms with E-state index in [0.717, 1.165) is 5.56 Å². The average molecular weight is 295 g/mol. The maximum Gasteiger partial charge on any atom is 0.256 e. The Morgan fingerprint density at radius 2 is 1.77 bits per heavy atom. The minimum atomic E-state index is -0.360. The summed E-state index contributed by atoms with van der Waals surface area (Å²) < 4.78 is 13.0. The second-order valence-electron chi connectivity index (χ2n) is 5.35. The van der Waals surface area contributed by atoms with Gasteiger partial charge in [-0.15, -0.1) is 0 Å². The number of pyridine rings is 1. The van der Waals surface area contributed by atoms with Gasteiger partial charge in [0.05, 0.1) is 0 Å². The van der Waals surface area contributed by atoms with Crippen LogP contribution < -0.4 is 5.56 Å². The third kappa shape index (κ3) is 2.44. The zero-order valence-electron chi connectivity index (χ0n) is 12.2. The molecule has 0 aliphatic carbocycles. The Morgan fingerprint density at radius 1 is 1.09 bits per heavy atom. The van der Waals surface area contributed by atoms with Crippen molar-refractivity contribution in [1.82, 2.24) is 4.98 Å². The largest absolute Gasteiger partial charge is 0.321 e. The normalized spacial score (nSPS) is 10.9. The summed E-state index contributed by atoms with van der Waals surface area (Å²) in [5, 5.41) is 0.692. The van der Waals surface area contributed by atoms with Crippen LogP contribution in [-0.2, 0) is 0 Å². The van der Waals surface area contributed by atoms with Crippen molar-refractivity contribution in [3.63, 3.8) is 0 Å². The van der Waals surface area contributed by atoms with Crippen LogP contribution in [0.5, 0.6) is 0 Å². The molecule has 3 nitrogen and oxygen atoms in total. The summed E-state index contributed by atoms with van der Waals surface area (Å²) >= 11 is 0. The summed E-state index contributed by atoms with van der Waals surface area (Å²) in [7, 11) is 0. The number of rotatable bonds is 2. The molecular formula is C18H14FNO2. The molecule has 1 aromatic heterocycles. The van der Waals surface area contributed by atoms with E-state index in [1.54, 1.807) is 24.3 Å². The number of carbonyl (C=O) groups is 1. The number of hydrogen-bond acceptors (Lipinski definition) is 2. The molecule has 22 heavy (non-hydrogen) atoms. The molecule has 2 aromatic carbocycles. The zero-order chi connectivity index (χ0) is 15.9. The number of aromatic nitrogens is 1. The van der Waals surface area contributed by atoms with Crippen LogP contribution in [0, 0.1) is 12.7 Å². The first-order valence-corrected chi connectivity index (χ1v) is 6.90. The van der Waals surface area contributed by atoms with Gasteiger partial charge in [-0.05, 0) is 55.3 Å². The standard InChI is InChI=1S/C18H14FNO2/c1-10-7-14(11(2)21)16-9-15(18(22)20-17(16)8-10)12-3-5-13(19)6-4-12/h3-9H,1-2H3,(H,20,22). The van der Waals surface area contributed by atoms with Crippen molar-refractivity contribution in [2.24, 2.45) is 0 Å². The molecule has 0 amide bonds. The first-order valence-electron chi connectivity index (χ1n) is 6.90. The number of H-pyrrole nitrogens is 1. The topological polar surface area (TPSA) is 49.9 Å². The summed E-state index contributed by atoms with van der Waals surface area (Å²) in [6.07, 6.45) is 0. The van der Waals surface area contributed by atoms with Gasteiger partial charge in [-0.25, -0.2) is 4.39 Å².